The van der Waals surface area contributed by atoms with E-state index in [1.807, 2.05) is 7.05 Å². The fraction of sp³-hybridized carbons (Fsp3) is 0.222. The van der Waals surface area contributed by atoms with Crippen molar-refractivity contribution in [2.24, 2.45) is 0 Å². The van der Waals surface area contributed by atoms with Crippen molar-refractivity contribution in [2.45, 2.75) is 6.54 Å². The fourth-order valence-electron chi connectivity index (χ4n) is 1.10. The SMILES string of the molecule is CNCc1nc(-c2cc(Br)cs2)cs1. The molecule has 2 rings (SSSR count). The van der Waals surface area contributed by atoms with E-state index in [4.69, 9.17) is 0 Å². The molecule has 14 heavy (non-hydrogen) atoms. The molecule has 0 saturated carbocycles. The van der Waals surface area contributed by atoms with Crippen LogP contribution in [0.25, 0.3) is 10.6 Å². The summed E-state index contributed by atoms with van der Waals surface area (Å²) in [6.07, 6.45) is 0. The lowest BCUT2D eigenvalue weighted by Crippen LogP contribution is -2.04. The van der Waals surface area contributed by atoms with Crippen molar-refractivity contribution >= 4 is 38.6 Å². The van der Waals surface area contributed by atoms with Gasteiger partial charge in [0, 0.05) is 21.8 Å². The molecule has 0 aliphatic carbocycles. The standard InChI is InChI=1S/C9H9BrN2S2/c1-11-3-9-12-7(5-14-9)8-2-6(10)4-13-8/h2,4-5,11H,3H2,1H3. The molecule has 2 nitrogen and oxygen atoms in total. The van der Waals surface area contributed by atoms with Gasteiger partial charge in [-0.05, 0) is 29.0 Å². The van der Waals surface area contributed by atoms with Crippen LogP contribution in [0.4, 0.5) is 0 Å². The Morgan fingerprint density at radius 3 is 2.93 bits per heavy atom. The molecular formula is C9H9BrN2S2. The third kappa shape index (κ3) is 2.23. The van der Waals surface area contributed by atoms with Gasteiger partial charge in [0.05, 0.1) is 10.6 Å². The largest absolute Gasteiger partial charge is 0.314 e. The van der Waals surface area contributed by atoms with Crippen molar-refractivity contribution < 1.29 is 0 Å². The summed E-state index contributed by atoms with van der Waals surface area (Å²) in [6.45, 7) is 0.844. The highest BCUT2D eigenvalue weighted by Crippen LogP contribution is 2.30. The van der Waals surface area contributed by atoms with Gasteiger partial charge in [0.1, 0.15) is 5.01 Å². The van der Waals surface area contributed by atoms with E-state index >= 15 is 0 Å². The van der Waals surface area contributed by atoms with E-state index < -0.39 is 0 Å². The van der Waals surface area contributed by atoms with Gasteiger partial charge >= 0.3 is 0 Å². The summed E-state index contributed by atoms with van der Waals surface area (Å²) in [4.78, 5) is 5.75. The fourth-order valence-corrected chi connectivity index (χ4v) is 3.37. The second kappa shape index (κ2) is 4.53. The Kier molecular flexibility index (Phi) is 3.33. The van der Waals surface area contributed by atoms with E-state index in [1.165, 1.54) is 4.88 Å². The zero-order valence-electron chi connectivity index (χ0n) is 7.58. The van der Waals surface area contributed by atoms with Crippen LogP contribution >= 0.6 is 38.6 Å². The minimum Gasteiger partial charge on any atom is -0.314 e. The molecule has 0 saturated heterocycles. The Morgan fingerprint density at radius 2 is 2.29 bits per heavy atom. The molecular weight excluding hydrogens is 280 g/mol. The van der Waals surface area contributed by atoms with Crippen molar-refractivity contribution in [2.75, 3.05) is 7.05 Å². The van der Waals surface area contributed by atoms with Crippen LogP contribution in [0.3, 0.4) is 0 Å². The van der Waals surface area contributed by atoms with Gasteiger partial charge in [0.25, 0.3) is 0 Å². The van der Waals surface area contributed by atoms with Gasteiger partial charge < -0.3 is 5.32 Å². The summed E-state index contributed by atoms with van der Waals surface area (Å²) in [7, 11) is 1.93. The average Bonchev–Trinajstić information content (AvgIpc) is 2.74. The van der Waals surface area contributed by atoms with Crippen LogP contribution < -0.4 is 5.32 Å². The quantitative estimate of drug-likeness (QED) is 0.937. The molecule has 0 radical (unpaired) electrons. The van der Waals surface area contributed by atoms with Crippen LogP contribution in [0, 0.1) is 0 Å². The molecule has 74 valence electrons. The van der Waals surface area contributed by atoms with Crippen LogP contribution in [-0.4, -0.2) is 12.0 Å². The summed E-state index contributed by atoms with van der Waals surface area (Å²) < 4.78 is 1.13. The molecule has 1 N–H and O–H groups in total. The minimum atomic E-state index is 0.844. The molecule has 0 fully saturated rings. The number of thiophene rings is 1. The summed E-state index contributed by atoms with van der Waals surface area (Å²) in [5.41, 5.74) is 1.08. The highest BCUT2D eigenvalue weighted by Gasteiger charge is 2.05. The number of aromatic nitrogens is 1. The highest BCUT2D eigenvalue weighted by molar-refractivity contribution is 9.10. The molecule has 5 heteroatoms. The van der Waals surface area contributed by atoms with Crippen molar-refractivity contribution in [1.82, 2.24) is 10.3 Å². The molecule has 0 bridgehead atoms. The number of halogens is 1. The maximum absolute atomic E-state index is 4.53. The highest BCUT2D eigenvalue weighted by atomic mass is 79.9. The summed E-state index contributed by atoms with van der Waals surface area (Å²) >= 11 is 6.85. The summed E-state index contributed by atoms with van der Waals surface area (Å²) in [5.74, 6) is 0. The van der Waals surface area contributed by atoms with Crippen molar-refractivity contribution in [1.29, 1.82) is 0 Å². The number of thiazole rings is 1. The van der Waals surface area contributed by atoms with Gasteiger partial charge in [-0.2, -0.15) is 0 Å². The molecule has 0 atom stereocenters. The lowest BCUT2D eigenvalue weighted by molar-refractivity contribution is 0.811. The van der Waals surface area contributed by atoms with Crippen molar-refractivity contribution in [3.05, 3.63) is 26.3 Å². The molecule has 0 spiro atoms. The first-order chi connectivity index (χ1) is 6.79. The number of nitrogens with zero attached hydrogens (tertiary/aromatic N) is 1. The van der Waals surface area contributed by atoms with Crippen molar-refractivity contribution in [3.8, 4) is 10.6 Å². The first-order valence-electron chi connectivity index (χ1n) is 4.13. The number of nitrogens with one attached hydrogen (secondary N) is 1. The second-order valence-electron chi connectivity index (χ2n) is 2.79. The zero-order chi connectivity index (χ0) is 9.97. The minimum absolute atomic E-state index is 0.844. The topological polar surface area (TPSA) is 24.9 Å². The number of hydrogen-bond acceptors (Lipinski definition) is 4. The molecule has 0 amide bonds. The molecule has 2 aromatic heterocycles. The van der Waals surface area contributed by atoms with Crippen LogP contribution in [0.5, 0.6) is 0 Å². The van der Waals surface area contributed by atoms with Crippen molar-refractivity contribution in [3.63, 3.8) is 0 Å². The van der Waals surface area contributed by atoms with Gasteiger partial charge in [0.2, 0.25) is 0 Å². The van der Waals surface area contributed by atoms with E-state index in [2.05, 4.69) is 43.1 Å². The maximum Gasteiger partial charge on any atom is 0.107 e. The Morgan fingerprint density at radius 1 is 1.43 bits per heavy atom. The zero-order valence-corrected chi connectivity index (χ0v) is 10.8. The first-order valence-corrected chi connectivity index (χ1v) is 6.68. The number of rotatable bonds is 3. The van der Waals surface area contributed by atoms with Crippen LogP contribution in [0.1, 0.15) is 5.01 Å². The van der Waals surface area contributed by atoms with E-state index in [0.717, 1.165) is 21.7 Å². The van der Waals surface area contributed by atoms with Gasteiger partial charge in [-0.1, -0.05) is 0 Å². The van der Waals surface area contributed by atoms with Crippen LogP contribution in [0.2, 0.25) is 0 Å². The predicted molar refractivity (Wildman–Crippen MR) is 65.9 cm³/mol. The van der Waals surface area contributed by atoms with E-state index in [-0.39, 0.29) is 0 Å². The molecule has 0 aromatic carbocycles. The second-order valence-corrected chi connectivity index (χ2v) is 5.56. The number of hydrogen-bond donors (Lipinski definition) is 1. The van der Waals surface area contributed by atoms with Gasteiger partial charge in [-0.15, -0.1) is 22.7 Å². The predicted octanol–water partition coefficient (Wildman–Crippen LogP) is 3.35. The molecule has 2 aromatic rings. The Labute approximate surface area is 99.1 Å². The molecule has 2 heterocycles. The molecule has 0 aliphatic rings. The van der Waals surface area contributed by atoms with E-state index in [9.17, 15) is 0 Å². The average molecular weight is 289 g/mol. The molecule has 0 unspecified atom stereocenters. The van der Waals surface area contributed by atoms with Gasteiger partial charge in [0.15, 0.2) is 0 Å². The van der Waals surface area contributed by atoms with Crippen LogP contribution in [-0.2, 0) is 6.54 Å². The van der Waals surface area contributed by atoms with Crippen LogP contribution in [0.15, 0.2) is 21.3 Å². The lowest BCUT2D eigenvalue weighted by atomic mass is 10.4. The Balaban J connectivity index is 2.24. The normalized spacial score (nSPS) is 10.7. The first kappa shape index (κ1) is 10.3. The summed E-state index contributed by atoms with van der Waals surface area (Å²) in [6, 6.07) is 2.10. The lowest BCUT2D eigenvalue weighted by Gasteiger charge is -1.90. The van der Waals surface area contributed by atoms with Gasteiger partial charge in [-0.3, -0.25) is 0 Å². The van der Waals surface area contributed by atoms with E-state index in [0.29, 0.717) is 0 Å². The monoisotopic (exact) mass is 288 g/mol. The maximum atomic E-state index is 4.53. The Bertz CT molecular complexity index is 422. The summed E-state index contributed by atoms with van der Waals surface area (Å²) in [5, 5.41) is 8.41. The Hall–Kier alpha value is -0.230. The van der Waals surface area contributed by atoms with Gasteiger partial charge in [-0.25, -0.2) is 4.98 Å². The van der Waals surface area contributed by atoms with E-state index in [1.54, 1.807) is 22.7 Å². The molecule has 0 aliphatic heterocycles. The third-order valence-electron chi connectivity index (χ3n) is 1.70. The third-order valence-corrected chi connectivity index (χ3v) is 4.26. The smallest absolute Gasteiger partial charge is 0.107 e.